The largest absolute Gasteiger partial charge is 0.487 e. The van der Waals surface area contributed by atoms with Gasteiger partial charge in [0, 0.05) is 23.4 Å². The van der Waals surface area contributed by atoms with Gasteiger partial charge >= 0.3 is 5.63 Å². The van der Waals surface area contributed by atoms with Crippen LogP contribution in [0.5, 0.6) is 11.5 Å². The van der Waals surface area contributed by atoms with Crippen molar-refractivity contribution in [3.63, 3.8) is 0 Å². The van der Waals surface area contributed by atoms with E-state index in [4.69, 9.17) is 13.9 Å². The normalized spacial score (nSPS) is 16.3. The third-order valence-electron chi connectivity index (χ3n) is 5.92. The Morgan fingerprint density at radius 3 is 2.84 bits per heavy atom. The van der Waals surface area contributed by atoms with E-state index in [1.807, 2.05) is 19.9 Å². The SMILES string of the molecule is CC1(C)CCc2c(cc(OCC(=O)Nc3ccccn3)c3c4c(c(=O)oc23)CCC4)O1. The summed E-state index contributed by atoms with van der Waals surface area (Å²) in [5.41, 5.74) is 2.50. The highest BCUT2D eigenvalue weighted by Crippen LogP contribution is 2.44. The quantitative estimate of drug-likeness (QED) is 0.646. The number of hydrogen-bond donors (Lipinski definition) is 1. The average molecular weight is 420 g/mol. The lowest BCUT2D eigenvalue weighted by Crippen LogP contribution is -2.32. The van der Waals surface area contributed by atoms with Crippen LogP contribution in [-0.2, 0) is 24.1 Å². The number of anilines is 1. The molecular weight excluding hydrogens is 396 g/mol. The van der Waals surface area contributed by atoms with E-state index in [1.165, 1.54) is 0 Å². The van der Waals surface area contributed by atoms with Crippen LogP contribution < -0.4 is 20.4 Å². The molecular formula is C24H24N2O5. The van der Waals surface area contributed by atoms with Gasteiger partial charge in [-0.3, -0.25) is 4.79 Å². The number of fused-ring (bicyclic) bond motifs is 5. The summed E-state index contributed by atoms with van der Waals surface area (Å²) in [6, 6.07) is 7.13. The van der Waals surface area contributed by atoms with Crippen LogP contribution in [0.3, 0.4) is 0 Å². The van der Waals surface area contributed by atoms with E-state index in [2.05, 4.69) is 10.3 Å². The molecule has 0 unspecified atom stereocenters. The summed E-state index contributed by atoms with van der Waals surface area (Å²) in [7, 11) is 0. The van der Waals surface area contributed by atoms with E-state index in [0.717, 1.165) is 42.2 Å². The average Bonchev–Trinajstić information content (AvgIpc) is 3.22. The number of amides is 1. The van der Waals surface area contributed by atoms with Crippen molar-refractivity contribution in [3.8, 4) is 11.5 Å². The number of aryl methyl sites for hydroxylation is 2. The molecule has 0 radical (unpaired) electrons. The predicted molar refractivity (Wildman–Crippen MR) is 116 cm³/mol. The second-order valence-electron chi connectivity index (χ2n) is 8.67. The van der Waals surface area contributed by atoms with E-state index in [9.17, 15) is 9.59 Å². The Bertz CT molecular complexity index is 1230. The molecule has 3 heterocycles. The molecule has 7 heteroatoms. The molecule has 1 aromatic carbocycles. The van der Waals surface area contributed by atoms with Gasteiger partial charge in [0.1, 0.15) is 28.5 Å². The molecule has 1 aliphatic heterocycles. The van der Waals surface area contributed by atoms with Gasteiger partial charge in [-0.25, -0.2) is 9.78 Å². The van der Waals surface area contributed by atoms with Crippen LogP contribution in [0.15, 0.2) is 39.7 Å². The van der Waals surface area contributed by atoms with Gasteiger partial charge < -0.3 is 19.2 Å². The number of hydrogen-bond acceptors (Lipinski definition) is 6. The standard InChI is InChI=1S/C24H24N2O5/c1-24(2)10-9-16-17(31-24)12-18(29-13-20(27)26-19-8-3-4-11-25-19)21-14-6-5-7-15(14)23(28)30-22(16)21/h3-4,8,11-12H,5-7,9-10,13H2,1-2H3,(H,25,26,27). The number of nitrogens with one attached hydrogen (secondary N) is 1. The van der Waals surface area contributed by atoms with E-state index in [0.29, 0.717) is 34.9 Å². The number of carbonyl (C=O) groups is 1. The Hall–Kier alpha value is -3.35. The first-order valence-electron chi connectivity index (χ1n) is 10.6. The molecule has 2 aromatic heterocycles. The lowest BCUT2D eigenvalue weighted by atomic mass is 9.91. The van der Waals surface area contributed by atoms with Crippen molar-refractivity contribution in [2.24, 2.45) is 0 Å². The minimum Gasteiger partial charge on any atom is -0.487 e. The smallest absolute Gasteiger partial charge is 0.339 e. The first-order chi connectivity index (χ1) is 14.9. The van der Waals surface area contributed by atoms with E-state index in [-0.39, 0.29) is 23.7 Å². The monoisotopic (exact) mass is 420 g/mol. The summed E-state index contributed by atoms with van der Waals surface area (Å²) in [6.07, 6.45) is 5.58. The molecule has 0 bridgehead atoms. The summed E-state index contributed by atoms with van der Waals surface area (Å²) >= 11 is 0. The molecule has 0 fully saturated rings. The van der Waals surface area contributed by atoms with Gasteiger partial charge in [-0.2, -0.15) is 0 Å². The molecule has 3 aromatic rings. The van der Waals surface area contributed by atoms with Crippen LogP contribution in [0.4, 0.5) is 5.82 Å². The fourth-order valence-electron chi connectivity index (χ4n) is 4.43. The van der Waals surface area contributed by atoms with E-state index in [1.54, 1.807) is 24.4 Å². The zero-order chi connectivity index (χ0) is 21.6. The van der Waals surface area contributed by atoms with Gasteiger partial charge in [0.15, 0.2) is 6.61 Å². The van der Waals surface area contributed by atoms with Crippen molar-refractivity contribution in [1.29, 1.82) is 0 Å². The zero-order valence-electron chi connectivity index (χ0n) is 17.6. The highest BCUT2D eigenvalue weighted by atomic mass is 16.5. The molecule has 1 N–H and O–H groups in total. The summed E-state index contributed by atoms with van der Waals surface area (Å²) < 4.78 is 17.9. The molecule has 1 amide bonds. The summed E-state index contributed by atoms with van der Waals surface area (Å²) in [5.74, 6) is 1.29. The minimum absolute atomic E-state index is 0.193. The second-order valence-corrected chi connectivity index (χ2v) is 8.67. The third-order valence-corrected chi connectivity index (χ3v) is 5.92. The fourth-order valence-corrected chi connectivity index (χ4v) is 4.43. The third kappa shape index (κ3) is 3.65. The van der Waals surface area contributed by atoms with Gasteiger partial charge in [0.25, 0.3) is 5.91 Å². The van der Waals surface area contributed by atoms with E-state index < -0.39 is 0 Å². The topological polar surface area (TPSA) is 90.7 Å². The Labute approximate surface area is 179 Å². The highest BCUT2D eigenvalue weighted by Gasteiger charge is 2.32. The first kappa shape index (κ1) is 19.6. The Kier molecular flexibility index (Phi) is 4.68. The molecule has 0 saturated heterocycles. The number of ether oxygens (including phenoxy) is 2. The molecule has 1 aliphatic carbocycles. The van der Waals surface area contributed by atoms with Gasteiger partial charge in [0.05, 0.1) is 5.39 Å². The highest BCUT2D eigenvalue weighted by molar-refractivity contribution is 5.94. The summed E-state index contributed by atoms with van der Waals surface area (Å²) in [5, 5.41) is 3.51. The maximum absolute atomic E-state index is 12.6. The lowest BCUT2D eigenvalue weighted by Gasteiger charge is -2.33. The lowest BCUT2D eigenvalue weighted by molar-refractivity contribution is -0.118. The van der Waals surface area contributed by atoms with Crippen molar-refractivity contribution in [2.75, 3.05) is 11.9 Å². The maximum atomic E-state index is 12.6. The van der Waals surface area contributed by atoms with Crippen molar-refractivity contribution in [3.05, 3.63) is 57.6 Å². The number of carbonyl (C=O) groups excluding carboxylic acids is 1. The van der Waals surface area contributed by atoms with E-state index >= 15 is 0 Å². The van der Waals surface area contributed by atoms with Crippen molar-refractivity contribution in [2.45, 2.75) is 51.6 Å². The van der Waals surface area contributed by atoms with Crippen molar-refractivity contribution < 1.29 is 18.7 Å². The van der Waals surface area contributed by atoms with Crippen LogP contribution >= 0.6 is 0 Å². The number of aromatic nitrogens is 1. The van der Waals surface area contributed by atoms with Gasteiger partial charge in [-0.15, -0.1) is 0 Å². The van der Waals surface area contributed by atoms with Crippen LogP contribution in [0, 0.1) is 0 Å². The van der Waals surface area contributed by atoms with Crippen LogP contribution in [-0.4, -0.2) is 23.1 Å². The Morgan fingerprint density at radius 1 is 1.19 bits per heavy atom. The summed E-state index contributed by atoms with van der Waals surface area (Å²) in [6.45, 7) is 3.86. The van der Waals surface area contributed by atoms with Crippen molar-refractivity contribution in [1.82, 2.24) is 4.98 Å². The van der Waals surface area contributed by atoms with Crippen LogP contribution in [0.1, 0.15) is 43.4 Å². The molecule has 0 saturated carbocycles. The van der Waals surface area contributed by atoms with Crippen LogP contribution in [0.25, 0.3) is 11.0 Å². The number of rotatable bonds is 4. The van der Waals surface area contributed by atoms with Gasteiger partial charge in [-0.05, 0) is 63.6 Å². The second kappa shape index (κ2) is 7.41. The Morgan fingerprint density at radius 2 is 2.03 bits per heavy atom. The number of benzene rings is 1. The molecule has 5 rings (SSSR count). The molecule has 7 nitrogen and oxygen atoms in total. The summed E-state index contributed by atoms with van der Waals surface area (Å²) in [4.78, 5) is 29.1. The molecule has 31 heavy (non-hydrogen) atoms. The first-order valence-corrected chi connectivity index (χ1v) is 10.6. The number of pyridine rings is 1. The van der Waals surface area contributed by atoms with Gasteiger partial charge in [-0.1, -0.05) is 6.07 Å². The molecule has 0 atom stereocenters. The van der Waals surface area contributed by atoms with Gasteiger partial charge in [0.2, 0.25) is 0 Å². The molecule has 160 valence electrons. The zero-order valence-corrected chi connectivity index (χ0v) is 17.6. The minimum atomic E-state index is -0.328. The fraction of sp³-hybridized carbons (Fsp3) is 0.375. The predicted octanol–water partition coefficient (Wildman–Crippen LogP) is 3.80. The number of nitrogens with zero attached hydrogens (tertiary/aromatic N) is 1. The van der Waals surface area contributed by atoms with Crippen molar-refractivity contribution >= 4 is 22.7 Å². The maximum Gasteiger partial charge on any atom is 0.339 e. The van der Waals surface area contributed by atoms with Crippen LogP contribution in [0.2, 0.25) is 0 Å². The Balaban J connectivity index is 1.54. The molecule has 0 spiro atoms. The molecule has 2 aliphatic rings.